The normalized spacial score (nSPS) is 10.5. The number of hydrogen-bond donors (Lipinski definition) is 4. The highest BCUT2D eigenvalue weighted by molar-refractivity contribution is 4.62. The Morgan fingerprint density at radius 3 is 1.17 bits per heavy atom. The van der Waals surface area contributed by atoms with Crippen molar-refractivity contribution in [3.8, 4) is 0 Å². The summed E-state index contributed by atoms with van der Waals surface area (Å²) in [5, 5.41) is 32.7. The average Bonchev–Trinajstić information content (AvgIpc) is 2.07. The topological polar surface area (TPSA) is 80.9 Å². The summed E-state index contributed by atoms with van der Waals surface area (Å²) in [6.07, 6.45) is 0.500. The van der Waals surface area contributed by atoms with E-state index in [0.717, 1.165) is 0 Å². The van der Waals surface area contributed by atoms with Crippen molar-refractivity contribution >= 4 is 0 Å². The van der Waals surface area contributed by atoms with E-state index in [-0.39, 0.29) is 31.8 Å². The molecule has 4 nitrogen and oxygen atoms in total. The molecule has 0 heterocycles. The van der Waals surface area contributed by atoms with Crippen LogP contribution in [0.2, 0.25) is 0 Å². The Morgan fingerprint density at radius 2 is 1.17 bits per heavy atom. The molecule has 0 aromatic rings. The zero-order chi connectivity index (χ0) is 10.0. The Bertz CT molecular complexity index is 75.1. The first-order valence-electron chi connectivity index (χ1n) is 3.97. The molecule has 0 aliphatic rings. The maximum absolute atomic E-state index is 8.43. The fourth-order valence-electron chi connectivity index (χ4n) is 0.121. The van der Waals surface area contributed by atoms with Crippen LogP contribution in [0, 0.1) is 5.41 Å². The Kier molecular flexibility index (Phi) is 10.7. The summed E-state index contributed by atoms with van der Waals surface area (Å²) < 4.78 is 0. The van der Waals surface area contributed by atoms with Gasteiger partial charge in [0, 0.05) is 18.6 Å². The lowest BCUT2D eigenvalue weighted by molar-refractivity contribution is 0.0857. The second-order valence-electron chi connectivity index (χ2n) is 3.28. The van der Waals surface area contributed by atoms with Crippen LogP contribution in [-0.4, -0.2) is 46.9 Å². The highest BCUT2D eigenvalue weighted by atomic mass is 16.3. The summed E-state index contributed by atoms with van der Waals surface area (Å²) in [5.41, 5.74) is -0.306. The van der Waals surface area contributed by atoms with Gasteiger partial charge in [-0.2, -0.15) is 0 Å². The Balaban J connectivity index is 0. The molecular formula is C8H20O4. The van der Waals surface area contributed by atoms with E-state index in [1.165, 1.54) is 0 Å². The SMILES string of the molecule is CC(C)(CO)CO.OCCCO. The molecule has 76 valence electrons. The van der Waals surface area contributed by atoms with Gasteiger partial charge in [0.1, 0.15) is 0 Å². The minimum Gasteiger partial charge on any atom is -0.396 e. The maximum Gasteiger partial charge on any atom is 0.0504 e. The molecule has 0 rings (SSSR count). The van der Waals surface area contributed by atoms with E-state index < -0.39 is 0 Å². The predicted octanol–water partition coefficient (Wildman–Crippen LogP) is -0.642. The number of rotatable bonds is 4. The lowest BCUT2D eigenvalue weighted by Gasteiger charge is -2.16. The molecule has 0 aromatic heterocycles. The van der Waals surface area contributed by atoms with Crippen LogP contribution in [0.1, 0.15) is 20.3 Å². The number of hydrogen-bond acceptors (Lipinski definition) is 4. The zero-order valence-electron chi connectivity index (χ0n) is 7.82. The summed E-state index contributed by atoms with van der Waals surface area (Å²) in [5.74, 6) is 0. The van der Waals surface area contributed by atoms with Gasteiger partial charge >= 0.3 is 0 Å². The van der Waals surface area contributed by atoms with Gasteiger partial charge in [0.05, 0.1) is 13.2 Å². The molecule has 0 aliphatic carbocycles. The van der Waals surface area contributed by atoms with Crippen LogP contribution in [0.25, 0.3) is 0 Å². The first kappa shape index (κ1) is 14.4. The van der Waals surface area contributed by atoms with Crippen molar-refractivity contribution in [3.05, 3.63) is 0 Å². The lowest BCUT2D eigenvalue weighted by atomic mass is 9.97. The first-order valence-corrected chi connectivity index (χ1v) is 3.97. The van der Waals surface area contributed by atoms with Gasteiger partial charge in [0.25, 0.3) is 0 Å². The standard InChI is InChI=1S/C5H12O2.C3H8O2/c1-5(2,3-6)4-7;4-2-1-3-5/h6-7H,3-4H2,1-2H3;4-5H,1-3H2. The molecule has 4 heteroatoms. The molecular weight excluding hydrogens is 160 g/mol. The van der Waals surface area contributed by atoms with Crippen LogP contribution in [0.3, 0.4) is 0 Å². The smallest absolute Gasteiger partial charge is 0.0504 e. The van der Waals surface area contributed by atoms with Gasteiger partial charge in [0.2, 0.25) is 0 Å². The van der Waals surface area contributed by atoms with Crippen LogP contribution in [0.5, 0.6) is 0 Å². The predicted molar refractivity (Wildman–Crippen MR) is 46.7 cm³/mol. The van der Waals surface area contributed by atoms with E-state index in [1.807, 2.05) is 0 Å². The molecule has 0 spiro atoms. The van der Waals surface area contributed by atoms with E-state index in [0.29, 0.717) is 6.42 Å². The van der Waals surface area contributed by atoms with Crippen LogP contribution in [-0.2, 0) is 0 Å². The fraction of sp³-hybridized carbons (Fsp3) is 1.00. The van der Waals surface area contributed by atoms with Crippen molar-refractivity contribution < 1.29 is 20.4 Å². The zero-order valence-corrected chi connectivity index (χ0v) is 7.82. The van der Waals surface area contributed by atoms with Crippen molar-refractivity contribution in [3.63, 3.8) is 0 Å². The van der Waals surface area contributed by atoms with Gasteiger partial charge in [-0.15, -0.1) is 0 Å². The summed E-state index contributed by atoms with van der Waals surface area (Å²) in [6, 6.07) is 0. The van der Waals surface area contributed by atoms with Crippen molar-refractivity contribution in [1.29, 1.82) is 0 Å². The van der Waals surface area contributed by atoms with Gasteiger partial charge in [-0.1, -0.05) is 13.8 Å². The van der Waals surface area contributed by atoms with E-state index in [1.54, 1.807) is 13.8 Å². The Morgan fingerprint density at radius 1 is 0.833 bits per heavy atom. The summed E-state index contributed by atoms with van der Waals surface area (Å²) in [7, 11) is 0. The summed E-state index contributed by atoms with van der Waals surface area (Å²) >= 11 is 0. The number of aliphatic hydroxyl groups is 4. The van der Waals surface area contributed by atoms with Crippen molar-refractivity contribution in [2.75, 3.05) is 26.4 Å². The third-order valence-corrected chi connectivity index (χ3v) is 1.17. The second-order valence-corrected chi connectivity index (χ2v) is 3.28. The monoisotopic (exact) mass is 180 g/mol. The molecule has 4 N–H and O–H groups in total. The molecule has 0 unspecified atom stereocenters. The van der Waals surface area contributed by atoms with E-state index in [9.17, 15) is 0 Å². The van der Waals surface area contributed by atoms with Crippen molar-refractivity contribution in [2.45, 2.75) is 20.3 Å². The second kappa shape index (κ2) is 8.93. The molecule has 0 fully saturated rings. The minimum absolute atomic E-state index is 0.0451. The molecule has 0 aliphatic heterocycles. The van der Waals surface area contributed by atoms with E-state index >= 15 is 0 Å². The molecule has 0 radical (unpaired) electrons. The summed E-state index contributed by atoms with van der Waals surface area (Å²) in [6.45, 7) is 3.88. The van der Waals surface area contributed by atoms with Crippen molar-refractivity contribution in [2.24, 2.45) is 5.41 Å². The van der Waals surface area contributed by atoms with Gasteiger partial charge in [-0.25, -0.2) is 0 Å². The van der Waals surface area contributed by atoms with Crippen LogP contribution in [0.4, 0.5) is 0 Å². The molecule has 0 atom stereocenters. The molecule has 12 heavy (non-hydrogen) atoms. The third kappa shape index (κ3) is 12.5. The first-order chi connectivity index (χ1) is 5.54. The van der Waals surface area contributed by atoms with Gasteiger partial charge in [-0.05, 0) is 6.42 Å². The fourth-order valence-corrected chi connectivity index (χ4v) is 0.121. The van der Waals surface area contributed by atoms with E-state index in [2.05, 4.69) is 0 Å². The third-order valence-electron chi connectivity index (χ3n) is 1.17. The quantitative estimate of drug-likeness (QED) is 0.464. The molecule has 0 aromatic carbocycles. The summed E-state index contributed by atoms with van der Waals surface area (Å²) in [4.78, 5) is 0. The highest BCUT2D eigenvalue weighted by Gasteiger charge is 2.13. The average molecular weight is 180 g/mol. The molecule has 0 saturated heterocycles. The van der Waals surface area contributed by atoms with Crippen LogP contribution < -0.4 is 0 Å². The van der Waals surface area contributed by atoms with Crippen molar-refractivity contribution in [1.82, 2.24) is 0 Å². The van der Waals surface area contributed by atoms with Gasteiger partial charge in [-0.3, -0.25) is 0 Å². The molecule has 0 bridgehead atoms. The number of aliphatic hydroxyl groups excluding tert-OH is 4. The Hall–Kier alpha value is -0.160. The van der Waals surface area contributed by atoms with Crippen LogP contribution in [0.15, 0.2) is 0 Å². The maximum atomic E-state index is 8.43. The lowest BCUT2D eigenvalue weighted by Crippen LogP contribution is -2.20. The highest BCUT2D eigenvalue weighted by Crippen LogP contribution is 2.10. The van der Waals surface area contributed by atoms with Crippen LogP contribution >= 0.6 is 0 Å². The molecule has 0 saturated carbocycles. The Labute approximate surface area is 73.5 Å². The van der Waals surface area contributed by atoms with E-state index in [4.69, 9.17) is 20.4 Å². The van der Waals surface area contributed by atoms with Gasteiger partial charge < -0.3 is 20.4 Å². The molecule has 0 amide bonds. The van der Waals surface area contributed by atoms with Gasteiger partial charge in [0.15, 0.2) is 0 Å². The largest absolute Gasteiger partial charge is 0.396 e. The minimum atomic E-state index is -0.306.